The number of hydrogen-bond donors (Lipinski definition) is 1. The predicted octanol–water partition coefficient (Wildman–Crippen LogP) is 3.57. The largest absolute Gasteiger partial charge is 0.478 e. The number of carboxylic acid groups (broad SMARTS) is 1. The van der Waals surface area contributed by atoms with Crippen LogP contribution in [0.2, 0.25) is 0 Å². The Hall–Kier alpha value is -2.08. The van der Waals surface area contributed by atoms with Gasteiger partial charge < -0.3 is 5.11 Å². The van der Waals surface area contributed by atoms with E-state index in [1.807, 2.05) is 0 Å². The minimum Gasteiger partial charge on any atom is -0.478 e. The van der Waals surface area contributed by atoms with Crippen molar-refractivity contribution in [3.63, 3.8) is 0 Å². The maximum absolute atomic E-state index is 13.3. The summed E-state index contributed by atoms with van der Waals surface area (Å²) >= 11 is 1.38. The molecule has 20 heavy (non-hydrogen) atoms. The van der Waals surface area contributed by atoms with Crippen LogP contribution >= 0.6 is 11.3 Å². The van der Waals surface area contributed by atoms with Crippen molar-refractivity contribution in [3.05, 3.63) is 56.3 Å². The van der Waals surface area contributed by atoms with Gasteiger partial charge in [-0.15, -0.1) is 11.3 Å². The second-order valence-electron chi connectivity index (χ2n) is 4.27. The molecule has 1 aromatic heterocycles. The summed E-state index contributed by atoms with van der Waals surface area (Å²) in [6.07, 6.45) is 0. The van der Waals surface area contributed by atoms with Crippen LogP contribution in [0.1, 0.15) is 36.0 Å². The molecule has 0 saturated heterocycles. The van der Waals surface area contributed by atoms with E-state index >= 15 is 0 Å². The average molecular weight is 296 g/mol. The lowest BCUT2D eigenvalue weighted by atomic mass is 9.98. The van der Waals surface area contributed by atoms with Crippen molar-refractivity contribution in [3.8, 4) is 0 Å². The minimum absolute atomic E-state index is 0.306. The van der Waals surface area contributed by atoms with Crippen molar-refractivity contribution >= 4 is 23.1 Å². The molecule has 0 aliphatic heterocycles. The molecule has 2 rings (SSSR count). The van der Waals surface area contributed by atoms with Crippen molar-refractivity contribution in [1.29, 1.82) is 0 Å². The standard InChI is InChI=1S/C14H10F2O3S/c1-6-3-8(7(2)20-6)13(17)9-4-11(15)12(16)5-10(9)14(18)19/h3-5H,1-2H3,(H,18,19). The first-order chi connectivity index (χ1) is 9.31. The molecule has 0 unspecified atom stereocenters. The van der Waals surface area contributed by atoms with Gasteiger partial charge in [0.15, 0.2) is 17.4 Å². The SMILES string of the molecule is Cc1cc(C(=O)c2cc(F)c(F)cc2C(=O)O)c(C)s1. The van der Waals surface area contributed by atoms with Crippen LogP contribution < -0.4 is 0 Å². The number of halogens is 2. The zero-order valence-corrected chi connectivity index (χ0v) is 11.5. The highest BCUT2D eigenvalue weighted by Crippen LogP contribution is 2.25. The monoisotopic (exact) mass is 296 g/mol. The van der Waals surface area contributed by atoms with Crippen molar-refractivity contribution < 1.29 is 23.5 Å². The summed E-state index contributed by atoms with van der Waals surface area (Å²) in [4.78, 5) is 25.0. The molecule has 104 valence electrons. The molecule has 0 amide bonds. The molecule has 0 radical (unpaired) electrons. The molecule has 1 heterocycles. The highest BCUT2D eigenvalue weighted by Gasteiger charge is 2.23. The number of benzene rings is 1. The molecule has 0 saturated carbocycles. The Kier molecular flexibility index (Phi) is 3.67. The van der Waals surface area contributed by atoms with Gasteiger partial charge in [-0.1, -0.05) is 0 Å². The van der Waals surface area contributed by atoms with Gasteiger partial charge in [-0.05, 0) is 32.0 Å². The third-order valence-corrected chi connectivity index (χ3v) is 3.79. The lowest BCUT2D eigenvalue weighted by molar-refractivity contribution is 0.0692. The third-order valence-electron chi connectivity index (χ3n) is 2.82. The Balaban J connectivity index is 2.62. The lowest BCUT2D eigenvalue weighted by Gasteiger charge is -2.06. The van der Waals surface area contributed by atoms with E-state index in [4.69, 9.17) is 5.11 Å². The van der Waals surface area contributed by atoms with Crippen molar-refractivity contribution in [2.45, 2.75) is 13.8 Å². The topological polar surface area (TPSA) is 54.4 Å². The molecule has 0 aliphatic carbocycles. The number of aromatic carboxylic acids is 1. The van der Waals surface area contributed by atoms with Gasteiger partial charge in [0.2, 0.25) is 0 Å². The van der Waals surface area contributed by atoms with Crippen LogP contribution in [0.4, 0.5) is 8.78 Å². The van der Waals surface area contributed by atoms with Crippen LogP contribution in [0, 0.1) is 25.5 Å². The second kappa shape index (κ2) is 5.13. The normalized spacial score (nSPS) is 10.6. The van der Waals surface area contributed by atoms with E-state index in [-0.39, 0.29) is 5.56 Å². The summed E-state index contributed by atoms with van der Waals surface area (Å²) < 4.78 is 26.4. The highest BCUT2D eigenvalue weighted by molar-refractivity contribution is 7.12. The fraction of sp³-hybridized carbons (Fsp3) is 0.143. The van der Waals surface area contributed by atoms with E-state index in [1.165, 1.54) is 11.3 Å². The van der Waals surface area contributed by atoms with Crippen LogP contribution in [0.3, 0.4) is 0 Å². The fourth-order valence-corrected chi connectivity index (χ4v) is 2.83. The molecule has 1 aromatic carbocycles. The number of hydrogen-bond acceptors (Lipinski definition) is 3. The molecule has 1 N–H and O–H groups in total. The second-order valence-corrected chi connectivity index (χ2v) is 5.73. The lowest BCUT2D eigenvalue weighted by Crippen LogP contribution is -2.11. The van der Waals surface area contributed by atoms with Crippen LogP contribution in [-0.4, -0.2) is 16.9 Å². The molecule has 0 fully saturated rings. The molecular weight excluding hydrogens is 286 g/mol. The number of aryl methyl sites for hydroxylation is 2. The van der Waals surface area contributed by atoms with Gasteiger partial charge in [-0.2, -0.15) is 0 Å². The smallest absolute Gasteiger partial charge is 0.336 e. The van der Waals surface area contributed by atoms with Crippen molar-refractivity contribution in [2.24, 2.45) is 0 Å². The number of thiophene rings is 1. The summed E-state index contributed by atoms with van der Waals surface area (Å²) in [5, 5.41) is 9.01. The Labute approximate surface area is 117 Å². The van der Waals surface area contributed by atoms with Crippen molar-refractivity contribution in [2.75, 3.05) is 0 Å². The van der Waals surface area contributed by atoms with E-state index < -0.39 is 29.0 Å². The quantitative estimate of drug-likeness (QED) is 0.881. The number of ketones is 1. The first-order valence-electron chi connectivity index (χ1n) is 5.65. The van der Waals surface area contributed by atoms with Gasteiger partial charge in [-0.25, -0.2) is 13.6 Å². The summed E-state index contributed by atoms with van der Waals surface area (Å²) in [7, 11) is 0. The van der Waals surface area contributed by atoms with Crippen LogP contribution in [-0.2, 0) is 0 Å². The molecule has 6 heteroatoms. The zero-order valence-electron chi connectivity index (χ0n) is 10.7. The number of carbonyl (C=O) groups is 2. The van der Waals surface area contributed by atoms with E-state index in [0.29, 0.717) is 22.6 Å². The summed E-state index contributed by atoms with van der Waals surface area (Å²) in [5.41, 5.74) is -0.588. The Morgan fingerprint density at radius 2 is 1.55 bits per heavy atom. The molecule has 0 spiro atoms. The molecule has 0 atom stereocenters. The van der Waals surface area contributed by atoms with E-state index in [1.54, 1.807) is 19.9 Å². The molecule has 3 nitrogen and oxygen atoms in total. The number of carbonyl (C=O) groups excluding carboxylic acids is 1. The summed E-state index contributed by atoms with van der Waals surface area (Å²) in [5.74, 6) is -4.64. The molecular formula is C14H10F2O3S. The van der Waals surface area contributed by atoms with Crippen LogP contribution in [0.15, 0.2) is 18.2 Å². The van der Waals surface area contributed by atoms with E-state index in [0.717, 1.165) is 4.88 Å². The van der Waals surface area contributed by atoms with E-state index in [2.05, 4.69) is 0 Å². The Morgan fingerprint density at radius 1 is 1.00 bits per heavy atom. The van der Waals surface area contributed by atoms with Gasteiger partial charge in [0, 0.05) is 20.9 Å². The maximum Gasteiger partial charge on any atom is 0.336 e. The van der Waals surface area contributed by atoms with Crippen LogP contribution in [0.5, 0.6) is 0 Å². The number of carboxylic acids is 1. The average Bonchev–Trinajstić information content (AvgIpc) is 2.70. The van der Waals surface area contributed by atoms with E-state index in [9.17, 15) is 18.4 Å². The molecule has 0 bridgehead atoms. The van der Waals surface area contributed by atoms with Gasteiger partial charge in [0.05, 0.1) is 5.56 Å². The first-order valence-corrected chi connectivity index (χ1v) is 6.47. The van der Waals surface area contributed by atoms with Crippen LogP contribution in [0.25, 0.3) is 0 Å². The zero-order chi connectivity index (χ0) is 15.0. The van der Waals surface area contributed by atoms with Crippen molar-refractivity contribution in [1.82, 2.24) is 0 Å². The number of rotatable bonds is 3. The predicted molar refractivity (Wildman–Crippen MR) is 70.5 cm³/mol. The maximum atomic E-state index is 13.3. The van der Waals surface area contributed by atoms with Gasteiger partial charge >= 0.3 is 5.97 Å². The third kappa shape index (κ3) is 2.46. The summed E-state index contributed by atoms with van der Waals surface area (Å²) in [6, 6.07) is 2.77. The summed E-state index contributed by atoms with van der Waals surface area (Å²) in [6.45, 7) is 3.52. The minimum atomic E-state index is -1.48. The highest BCUT2D eigenvalue weighted by atomic mass is 32.1. The molecule has 0 aliphatic rings. The Bertz CT molecular complexity index is 719. The van der Waals surface area contributed by atoms with Gasteiger partial charge in [0.1, 0.15) is 0 Å². The van der Waals surface area contributed by atoms with Gasteiger partial charge in [0.25, 0.3) is 0 Å². The van der Waals surface area contributed by atoms with Gasteiger partial charge in [-0.3, -0.25) is 4.79 Å². The Morgan fingerprint density at radius 3 is 2.00 bits per heavy atom. The first kappa shape index (κ1) is 14.3. The molecule has 2 aromatic rings. The fourth-order valence-electron chi connectivity index (χ4n) is 1.91.